The Morgan fingerprint density at radius 3 is 2.41 bits per heavy atom. The molecule has 1 aromatic carbocycles. The maximum atomic E-state index is 13.1. The summed E-state index contributed by atoms with van der Waals surface area (Å²) in [6.45, 7) is 7.39. The Balaban J connectivity index is 1.51. The summed E-state index contributed by atoms with van der Waals surface area (Å²) in [4.78, 5) is 14.2. The normalized spacial score (nSPS) is 23.9. The van der Waals surface area contributed by atoms with Gasteiger partial charge in [-0.05, 0) is 73.3 Å². The van der Waals surface area contributed by atoms with Gasteiger partial charge in [-0.2, -0.15) is 9.57 Å². The van der Waals surface area contributed by atoms with Gasteiger partial charge in [-0.3, -0.25) is 4.79 Å². The molecule has 0 unspecified atom stereocenters. The van der Waals surface area contributed by atoms with E-state index in [4.69, 9.17) is 0 Å². The molecule has 1 aliphatic heterocycles. The number of amides is 1. The molecular weight excluding hydrogens is 442 g/mol. The zero-order chi connectivity index (χ0) is 23.0. The lowest BCUT2D eigenvalue weighted by Gasteiger charge is -2.34. The topological polar surface area (TPSA) is 90.3 Å². The third-order valence-corrected chi connectivity index (χ3v) is 9.46. The maximum absolute atomic E-state index is 13.1. The molecule has 1 fully saturated rings. The van der Waals surface area contributed by atoms with Gasteiger partial charge in [0.2, 0.25) is 10.0 Å². The van der Waals surface area contributed by atoms with Gasteiger partial charge in [0.05, 0.1) is 10.5 Å². The van der Waals surface area contributed by atoms with Crippen LogP contribution in [-0.4, -0.2) is 31.7 Å². The number of piperidine rings is 1. The molecule has 6 nitrogen and oxygen atoms in total. The number of hydrogen-bond acceptors (Lipinski definition) is 5. The number of anilines is 1. The van der Waals surface area contributed by atoms with Crippen molar-refractivity contribution in [1.82, 2.24) is 4.31 Å². The highest BCUT2D eigenvalue weighted by Crippen LogP contribution is 2.39. The summed E-state index contributed by atoms with van der Waals surface area (Å²) < 4.78 is 27.7. The summed E-state index contributed by atoms with van der Waals surface area (Å²) >= 11 is 1.48. The van der Waals surface area contributed by atoms with Crippen molar-refractivity contribution in [3.8, 4) is 6.07 Å². The second-order valence-electron chi connectivity index (χ2n) is 9.41. The van der Waals surface area contributed by atoms with Gasteiger partial charge >= 0.3 is 0 Å². The quantitative estimate of drug-likeness (QED) is 0.702. The first kappa shape index (κ1) is 23.0. The highest BCUT2D eigenvalue weighted by atomic mass is 32.2. The Bertz CT molecular complexity index is 1150. The van der Waals surface area contributed by atoms with Gasteiger partial charge in [0.1, 0.15) is 11.1 Å². The van der Waals surface area contributed by atoms with Crippen LogP contribution in [0.5, 0.6) is 0 Å². The van der Waals surface area contributed by atoms with E-state index in [1.54, 1.807) is 16.4 Å². The Labute approximate surface area is 194 Å². The molecule has 170 valence electrons. The molecule has 32 heavy (non-hydrogen) atoms. The van der Waals surface area contributed by atoms with Gasteiger partial charge in [0.25, 0.3) is 5.91 Å². The van der Waals surface area contributed by atoms with E-state index in [-0.39, 0.29) is 10.8 Å². The molecule has 1 N–H and O–H groups in total. The third kappa shape index (κ3) is 4.47. The van der Waals surface area contributed by atoms with Crippen LogP contribution in [0.4, 0.5) is 5.00 Å². The molecule has 1 aromatic heterocycles. The molecule has 0 bridgehead atoms. The van der Waals surface area contributed by atoms with E-state index in [0.29, 0.717) is 47.0 Å². The second-order valence-corrected chi connectivity index (χ2v) is 12.5. The molecule has 0 radical (unpaired) electrons. The smallest absolute Gasteiger partial charge is 0.256 e. The fourth-order valence-electron chi connectivity index (χ4n) is 4.86. The van der Waals surface area contributed by atoms with Crippen LogP contribution in [0, 0.1) is 29.1 Å². The largest absolute Gasteiger partial charge is 0.312 e. The number of nitrogens with zero attached hydrogens (tertiary/aromatic N) is 2. The van der Waals surface area contributed by atoms with Crippen molar-refractivity contribution < 1.29 is 13.2 Å². The van der Waals surface area contributed by atoms with Crippen molar-refractivity contribution >= 4 is 32.3 Å². The van der Waals surface area contributed by atoms with Crippen molar-refractivity contribution in [3.63, 3.8) is 0 Å². The molecule has 2 aromatic rings. The lowest BCUT2D eigenvalue weighted by molar-refractivity contribution is 0.102. The first-order valence-electron chi connectivity index (χ1n) is 11.1. The van der Waals surface area contributed by atoms with Crippen molar-refractivity contribution in [2.75, 3.05) is 18.4 Å². The highest BCUT2D eigenvalue weighted by Gasteiger charge is 2.32. The van der Waals surface area contributed by atoms with Crippen LogP contribution in [0.25, 0.3) is 0 Å². The molecule has 2 heterocycles. The lowest BCUT2D eigenvalue weighted by atomic mass is 9.88. The number of rotatable bonds is 4. The van der Waals surface area contributed by atoms with Gasteiger partial charge in [0, 0.05) is 23.5 Å². The van der Waals surface area contributed by atoms with Crippen LogP contribution in [0.3, 0.4) is 0 Å². The van der Waals surface area contributed by atoms with Gasteiger partial charge in [-0.1, -0.05) is 20.8 Å². The molecule has 1 saturated heterocycles. The zero-order valence-electron chi connectivity index (χ0n) is 18.7. The second kappa shape index (κ2) is 8.97. The number of sulfonamides is 1. The van der Waals surface area contributed by atoms with Crippen LogP contribution in [-0.2, 0) is 22.9 Å². The van der Waals surface area contributed by atoms with E-state index in [9.17, 15) is 18.5 Å². The van der Waals surface area contributed by atoms with E-state index < -0.39 is 10.0 Å². The SMILES string of the molecule is C[C@@H]1C[C@H](C)CN(S(=O)(=O)c2ccc(C(=O)Nc3sc4c(c3C#N)CC[C@H](C)C4)cc2)C1. The van der Waals surface area contributed by atoms with E-state index >= 15 is 0 Å². The van der Waals surface area contributed by atoms with Crippen LogP contribution in [0.1, 0.15) is 60.0 Å². The summed E-state index contributed by atoms with van der Waals surface area (Å²) in [7, 11) is -3.59. The minimum absolute atomic E-state index is 0.202. The van der Waals surface area contributed by atoms with Gasteiger partial charge in [0.15, 0.2) is 0 Å². The average Bonchev–Trinajstić information content (AvgIpc) is 3.08. The number of benzene rings is 1. The summed E-state index contributed by atoms with van der Waals surface area (Å²) in [5, 5.41) is 13.1. The summed E-state index contributed by atoms with van der Waals surface area (Å²) in [5.74, 6) is 0.897. The molecule has 2 aliphatic rings. The molecule has 3 atom stereocenters. The number of carbonyl (C=O) groups excluding carboxylic acids is 1. The van der Waals surface area contributed by atoms with Crippen molar-refractivity contribution in [2.45, 2.75) is 51.3 Å². The van der Waals surface area contributed by atoms with Crippen LogP contribution >= 0.6 is 11.3 Å². The lowest BCUT2D eigenvalue weighted by Crippen LogP contribution is -2.42. The van der Waals surface area contributed by atoms with E-state index in [2.05, 4.69) is 32.2 Å². The van der Waals surface area contributed by atoms with Gasteiger partial charge < -0.3 is 5.32 Å². The molecule has 1 amide bonds. The molecule has 8 heteroatoms. The average molecular weight is 472 g/mol. The number of thiophene rings is 1. The molecule has 4 rings (SSSR count). The van der Waals surface area contributed by atoms with E-state index in [1.807, 2.05) is 0 Å². The predicted octanol–water partition coefficient (Wildman–Crippen LogP) is 4.66. The Morgan fingerprint density at radius 2 is 1.78 bits per heavy atom. The van der Waals surface area contributed by atoms with Crippen LogP contribution < -0.4 is 5.32 Å². The minimum Gasteiger partial charge on any atom is -0.312 e. The first-order chi connectivity index (χ1) is 15.2. The Hall–Kier alpha value is -2.21. The van der Waals surface area contributed by atoms with E-state index in [1.165, 1.54) is 28.3 Å². The minimum atomic E-state index is -3.59. The summed E-state index contributed by atoms with van der Waals surface area (Å²) in [5.41, 5.74) is 2.00. The monoisotopic (exact) mass is 471 g/mol. The predicted molar refractivity (Wildman–Crippen MR) is 126 cm³/mol. The Kier molecular flexibility index (Phi) is 6.44. The highest BCUT2D eigenvalue weighted by molar-refractivity contribution is 7.89. The number of nitriles is 1. The zero-order valence-corrected chi connectivity index (χ0v) is 20.4. The van der Waals surface area contributed by atoms with Gasteiger partial charge in [-0.25, -0.2) is 8.42 Å². The number of fused-ring (bicyclic) bond motifs is 1. The van der Waals surface area contributed by atoms with Crippen LogP contribution in [0.15, 0.2) is 29.2 Å². The Morgan fingerprint density at radius 1 is 1.12 bits per heavy atom. The first-order valence-corrected chi connectivity index (χ1v) is 13.4. The molecule has 0 saturated carbocycles. The molecule has 1 aliphatic carbocycles. The molecular formula is C24H29N3O3S2. The van der Waals surface area contributed by atoms with Crippen molar-refractivity contribution in [2.24, 2.45) is 17.8 Å². The summed E-state index contributed by atoms with van der Waals surface area (Å²) in [6, 6.07) is 8.34. The number of carbonyl (C=O) groups is 1. The van der Waals surface area contributed by atoms with E-state index in [0.717, 1.165) is 31.2 Å². The van der Waals surface area contributed by atoms with Crippen molar-refractivity contribution in [3.05, 3.63) is 45.8 Å². The fraction of sp³-hybridized carbons (Fsp3) is 0.500. The van der Waals surface area contributed by atoms with Crippen molar-refractivity contribution in [1.29, 1.82) is 5.26 Å². The number of nitrogens with one attached hydrogen (secondary N) is 1. The third-order valence-electron chi connectivity index (χ3n) is 6.44. The maximum Gasteiger partial charge on any atom is 0.256 e. The van der Waals surface area contributed by atoms with Gasteiger partial charge in [-0.15, -0.1) is 11.3 Å². The van der Waals surface area contributed by atoms with Crippen LogP contribution in [0.2, 0.25) is 0 Å². The molecule has 0 spiro atoms. The fourth-order valence-corrected chi connectivity index (χ4v) is 7.90. The number of hydrogen-bond donors (Lipinski definition) is 1. The summed E-state index contributed by atoms with van der Waals surface area (Å²) in [6.07, 6.45) is 3.88. The standard InChI is InChI=1S/C24H29N3O3S2/c1-15-4-9-20-21(12-25)24(31-22(20)11-15)26-23(28)18-5-7-19(8-6-18)32(29,30)27-13-16(2)10-17(3)14-27/h5-8,15-17H,4,9-11,13-14H2,1-3H3,(H,26,28)/t15-,16-,17+/m0/s1.